The Bertz CT molecular complexity index is 525. The first-order chi connectivity index (χ1) is 11.1. The van der Waals surface area contributed by atoms with Crippen LogP contribution in [0.15, 0.2) is 18.2 Å². The van der Waals surface area contributed by atoms with E-state index in [0.717, 1.165) is 37.7 Å². The lowest BCUT2D eigenvalue weighted by Gasteiger charge is -2.33. The smallest absolute Gasteiger partial charge is 0.315 e. The fraction of sp³-hybridized carbons (Fsp3) is 0.588. The molecule has 1 unspecified atom stereocenters. The highest BCUT2D eigenvalue weighted by atomic mass is 19.1. The van der Waals surface area contributed by atoms with Gasteiger partial charge in [-0.1, -0.05) is 6.42 Å². The molecule has 0 bridgehead atoms. The standard InChI is InChI=1S/C17H25F2N3O/c1-13-5-2-3-9-22(13)10-4-8-20-17(23)21-12-14-11-15(18)6-7-16(14)19/h6-7,11,13H,2-5,8-10,12H2,1H3,(H2,20,21,23). The molecule has 0 aliphatic carbocycles. The summed E-state index contributed by atoms with van der Waals surface area (Å²) in [6.45, 7) is 4.89. The molecule has 2 N–H and O–H groups in total. The summed E-state index contributed by atoms with van der Waals surface area (Å²) in [5, 5.41) is 5.29. The Balaban J connectivity index is 1.62. The number of nitrogens with zero attached hydrogens (tertiary/aromatic N) is 1. The Morgan fingerprint density at radius 2 is 2.13 bits per heavy atom. The van der Waals surface area contributed by atoms with Crippen LogP contribution in [0.4, 0.5) is 13.6 Å². The quantitative estimate of drug-likeness (QED) is 0.790. The second-order valence-electron chi connectivity index (χ2n) is 6.08. The number of nitrogens with one attached hydrogen (secondary N) is 2. The first kappa shape index (κ1) is 17.7. The molecule has 1 aromatic rings. The minimum absolute atomic E-state index is 0.0292. The van der Waals surface area contributed by atoms with Crippen LogP contribution >= 0.6 is 0 Å². The molecule has 1 saturated heterocycles. The third-order valence-electron chi connectivity index (χ3n) is 4.30. The second-order valence-corrected chi connectivity index (χ2v) is 6.08. The fourth-order valence-corrected chi connectivity index (χ4v) is 2.89. The van der Waals surface area contributed by atoms with Gasteiger partial charge in [0.05, 0.1) is 0 Å². The van der Waals surface area contributed by atoms with Gasteiger partial charge in [-0.2, -0.15) is 0 Å². The van der Waals surface area contributed by atoms with Gasteiger partial charge in [-0.05, 0) is 50.9 Å². The van der Waals surface area contributed by atoms with Crippen LogP contribution in [0.2, 0.25) is 0 Å². The summed E-state index contributed by atoms with van der Waals surface area (Å²) >= 11 is 0. The zero-order valence-electron chi connectivity index (χ0n) is 13.6. The van der Waals surface area contributed by atoms with Crippen molar-refractivity contribution >= 4 is 6.03 Å². The molecule has 4 nitrogen and oxygen atoms in total. The Hall–Kier alpha value is -1.69. The van der Waals surface area contributed by atoms with Gasteiger partial charge in [0.15, 0.2) is 0 Å². The molecule has 6 heteroatoms. The number of piperidine rings is 1. The molecule has 0 spiro atoms. The number of amides is 2. The van der Waals surface area contributed by atoms with Gasteiger partial charge in [-0.15, -0.1) is 0 Å². The Labute approximate surface area is 136 Å². The molecule has 0 aromatic heterocycles. The minimum atomic E-state index is -0.522. The van der Waals surface area contributed by atoms with E-state index in [1.807, 2.05) is 0 Å². The molecule has 1 aromatic carbocycles. The van der Waals surface area contributed by atoms with Crippen molar-refractivity contribution in [2.45, 2.75) is 45.2 Å². The molecule has 1 heterocycles. The maximum absolute atomic E-state index is 13.4. The van der Waals surface area contributed by atoms with Gasteiger partial charge >= 0.3 is 6.03 Å². The summed E-state index contributed by atoms with van der Waals surface area (Å²) in [6, 6.07) is 3.46. The predicted octanol–water partition coefficient (Wildman–Crippen LogP) is 3.03. The lowest BCUT2D eigenvalue weighted by molar-refractivity contribution is 0.159. The molecule has 23 heavy (non-hydrogen) atoms. The Morgan fingerprint density at radius 1 is 1.30 bits per heavy atom. The normalized spacial score (nSPS) is 18.7. The average Bonchev–Trinajstić information content (AvgIpc) is 2.54. The van der Waals surface area contributed by atoms with Crippen LogP contribution in [-0.2, 0) is 6.54 Å². The third-order valence-corrected chi connectivity index (χ3v) is 4.30. The van der Waals surface area contributed by atoms with E-state index in [1.165, 1.54) is 19.3 Å². The number of urea groups is 1. The highest BCUT2D eigenvalue weighted by Crippen LogP contribution is 2.16. The molecular weight excluding hydrogens is 300 g/mol. The van der Waals surface area contributed by atoms with Gasteiger partial charge in [0.1, 0.15) is 11.6 Å². The van der Waals surface area contributed by atoms with Crippen LogP contribution in [0.3, 0.4) is 0 Å². The van der Waals surface area contributed by atoms with Crippen molar-refractivity contribution < 1.29 is 13.6 Å². The molecule has 0 radical (unpaired) electrons. The van der Waals surface area contributed by atoms with Crippen molar-refractivity contribution in [1.29, 1.82) is 0 Å². The summed E-state index contributed by atoms with van der Waals surface area (Å²) < 4.78 is 26.5. The third kappa shape index (κ3) is 5.78. The largest absolute Gasteiger partial charge is 0.338 e. The van der Waals surface area contributed by atoms with Crippen LogP contribution in [0.1, 0.15) is 38.2 Å². The van der Waals surface area contributed by atoms with E-state index in [9.17, 15) is 13.6 Å². The highest BCUT2D eigenvalue weighted by molar-refractivity contribution is 5.73. The SMILES string of the molecule is CC1CCCCN1CCCNC(=O)NCc1cc(F)ccc1F. The van der Waals surface area contributed by atoms with Crippen molar-refractivity contribution in [1.82, 2.24) is 15.5 Å². The lowest BCUT2D eigenvalue weighted by Crippen LogP contribution is -2.40. The number of likely N-dealkylation sites (tertiary alicyclic amines) is 1. The van der Waals surface area contributed by atoms with Crippen LogP contribution in [0.5, 0.6) is 0 Å². The monoisotopic (exact) mass is 325 g/mol. The van der Waals surface area contributed by atoms with Gasteiger partial charge in [-0.25, -0.2) is 13.6 Å². The number of halogens is 2. The molecule has 2 amide bonds. The van der Waals surface area contributed by atoms with Crippen molar-refractivity contribution in [3.05, 3.63) is 35.4 Å². The number of carbonyl (C=O) groups excluding carboxylic acids is 1. The van der Waals surface area contributed by atoms with E-state index in [4.69, 9.17) is 0 Å². The first-order valence-electron chi connectivity index (χ1n) is 8.26. The van der Waals surface area contributed by atoms with Crippen molar-refractivity contribution in [2.75, 3.05) is 19.6 Å². The number of benzene rings is 1. The van der Waals surface area contributed by atoms with E-state index in [1.54, 1.807) is 0 Å². The van der Waals surface area contributed by atoms with E-state index in [2.05, 4.69) is 22.5 Å². The zero-order chi connectivity index (χ0) is 16.7. The summed E-state index contributed by atoms with van der Waals surface area (Å²) in [5.74, 6) is -1.04. The number of hydrogen-bond acceptors (Lipinski definition) is 2. The molecule has 1 aliphatic rings. The Morgan fingerprint density at radius 3 is 2.91 bits per heavy atom. The maximum atomic E-state index is 13.4. The van der Waals surface area contributed by atoms with E-state index < -0.39 is 11.6 Å². The van der Waals surface area contributed by atoms with E-state index >= 15 is 0 Å². The van der Waals surface area contributed by atoms with Crippen molar-refractivity contribution in [2.24, 2.45) is 0 Å². The van der Waals surface area contributed by atoms with Crippen LogP contribution < -0.4 is 10.6 Å². The number of rotatable bonds is 6. The summed E-state index contributed by atoms with van der Waals surface area (Å²) in [6.07, 6.45) is 4.67. The summed E-state index contributed by atoms with van der Waals surface area (Å²) in [5.41, 5.74) is 0.141. The molecular formula is C17H25F2N3O. The van der Waals surface area contributed by atoms with Crippen LogP contribution in [-0.4, -0.2) is 36.6 Å². The minimum Gasteiger partial charge on any atom is -0.338 e. The molecule has 128 valence electrons. The Kier molecular flexibility index (Phi) is 6.77. The van der Waals surface area contributed by atoms with Crippen molar-refractivity contribution in [3.8, 4) is 0 Å². The van der Waals surface area contributed by atoms with Gasteiger partial charge in [0.2, 0.25) is 0 Å². The maximum Gasteiger partial charge on any atom is 0.315 e. The summed E-state index contributed by atoms with van der Waals surface area (Å²) in [7, 11) is 0. The first-order valence-corrected chi connectivity index (χ1v) is 8.26. The highest BCUT2D eigenvalue weighted by Gasteiger charge is 2.17. The zero-order valence-corrected chi connectivity index (χ0v) is 13.6. The van der Waals surface area contributed by atoms with Gasteiger partial charge in [0.25, 0.3) is 0 Å². The fourth-order valence-electron chi connectivity index (χ4n) is 2.89. The van der Waals surface area contributed by atoms with Crippen molar-refractivity contribution in [3.63, 3.8) is 0 Å². The van der Waals surface area contributed by atoms with E-state index in [0.29, 0.717) is 12.6 Å². The lowest BCUT2D eigenvalue weighted by atomic mass is 10.0. The molecule has 0 saturated carbocycles. The van der Waals surface area contributed by atoms with Crippen LogP contribution in [0.25, 0.3) is 0 Å². The average molecular weight is 325 g/mol. The predicted molar refractivity (Wildman–Crippen MR) is 86.1 cm³/mol. The number of carbonyl (C=O) groups is 1. The van der Waals surface area contributed by atoms with Gasteiger partial charge in [-0.3, -0.25) is 0 Å². The summed E-state index contributed by atoms with van der Waals surface area (Å²) in [4.78, 5) is 14.1. The van der Waals surface area contributed by atoms with Gasteiger partial charge in [0, 0.05) is 31.2 Å². The molecule has 1 aliphatic heterocycles. The number of hydrogen-bond donors (Lipinski definition) is 2. The molecule has 1 atom stereocenters. The topological polar surface area (TPSA) is 44.4 Å². The van der Waals surface area contributed by atoms with Gasteiger partial charge < -0.3 is 15.5 Å². The van der Waals surface area contributed by atoms with Crippen LogP contribution in [0, 0.1) is 11.6 Å². The molecule has 2 rings (SSSR count). The molecule has 1 fully saturated rings. The second kappa shape index (κ2) is 8.82. The van der Waals surface area contributed by atoms with E-state index in [-0.39, 0.29) is 18.1 Å².